The van der Waals surface area contributed by atoms with E-state index in [1.54, 1.807) is 18.2 Å². The number of hydrogen-bond acceptors (Lipinski definition) is 5. The Morgan fingerprint density at radius 1 is 1.24 bits per heavy atom. The van der Waals surface area contributed by atoms with Gasteiger partial charge >= 0.3 is 0 Å². The van der Waals surface area contributed by atoms with Crippen LogP contribution in [0.25, 0.3) is 0 Å². The smallest absolute Gasteiger partial charge is 0.264 e. The van der Waals surface area contributed by atoms with Crippen LogP contribution in [-0.2, 0) is 19.2 Å². The van der Waals surface area contributed by atoms with Crippen molar-refractivity contribution >= 4 is 24.2 Å². The molecule has 0 spiro atoms. The molecule has 1 saturated heterocycles. The molecule has 25 heavy (non-hydrogen) atoms. The fraction of sp³-hybridized carbons (Fsp3) is 0.588. The van der Waals surface area contributed by atoms with Gasteiger partial charge in [0.25, 0.3) is 15.9 Å². The third-order valence-electron chi connectivity index (χ3n) is 4.96. The number of carbonyl (C=O) groups excluding carboxylic acids is 1. The van der Waals surface area contributed by atoms with Crippen LogP contribution in [0, 0.1) is 0 Å². The van der Waals surface area contributed by atoms with Gasteiger partial charge in [-0.1, -0.05) is 39.0 Å². The van der Waals surface area contributed by atoms with Gasteiger partial charge < -0.3 is 9.74 Å². The predicted molar refractivity (Wildman–Crippen MR) is 100 cm³/mol. The first-order valence-electron chi connectivity index (χ1n) is 8.45. The van der Waals surface area contributed by atoms with E-state index < -0.39 is 30.3 Å². The summed E-state index contributed by atoms with van der Waals surface area (Å²) in [6, 6.07) is 7.32. The van der Waals surface area contributed by atoms with Crippen molar-refractivity contribution in [3.8, 4) is 0 Å². The molecule has 1 aliphatic heterocycles. The molecular weight excluding hydrogens is 356 g/mol. The summed E-state index contributed by atoms with van der Waals surface area (Å²) in [5.74, 6) is -0.537. The summed E-state index contributed by atoms with van der Waals surface area (Å²) in [4.78, 5) is 12.4. The fourth-order valence-corrected chi connectivity index (χ4v) is 4.86. The molecule has 2 atom stereocenters. The van der Waals surface area contributed by atoms with Crippen molar-refractivity contribution < 1.29 is 17.6 Å². The molecule has 1 heterocycles. The van der Waals surface area contributed by atoms with Gasteiger partial charge in [-0.25, -0.2) is 13.1 Å². The van der Waals surface area contributed by atoms with Gasteiger partial charge in [-0.3, -0.25) is 4.79 Å². The first-order valence-corrected chi connectivity index (χ1v) is 12.8. The van der Waals surface area contributed by atoms with E-state index in [2.05, 4.69) is 43.9 Å². The molecule has 6 nitrogen and oxygen atoms in total. The lowest BCUT2D eigenvalue weighted by Gasteiger charge is -2.38. The molecule has 0 bridgehead atoms. The quantitative estimate of drug-likeness (QED) is 0.761. The third-order valence-corrected chi connectivity index (χ3v) is 10.9. The second kappa shape index (κ2) is 7.18. The van der Waals surface area contributed by atoms with Gasteiger partial charge in [0.05, 0.1) is 17.0 Å². The van der Waals surface area contributed by atoms with Gasteiger partial charge in [-0.05, 0) is 36.7 Å². The topological polar surface area (TPSA) is 84.5 Å². The zero-order valence-corrected chi connectivity index (χ0v) is 17.3. The number of carbonyl (C=O) groups is 1. The Labute approximate surface area is 151 Å². The van der Waals surface area contributed by atoms with Crippen LogP contribution >= 0.6 is 0 Å². The SMILES string of the molecule is CC(C)(C)[Si](C)(C)O[C@H]1CN[C@H](C(=O)NS(=O)(=O)c2ccccc2)C1. The Kier molecular flexibility index (Phi) is 5.77. The lowest BCUT2D eigenvalue weighted by Crippen LogP contribution is -2.44. The maximum atomic E-state index is 12.3. The van der Waals surface area contributed by atoms with Crippen LogP contribution in [0.2, 0.25) is 18.1 Å². The molecule has 2 N–H and O–H groups in total. The summed E-state index contributed by atoms with van der Waals surface area (Å²) >= 11 is 0. The first kappa shape index (κ1) is 20.1. The monoisotopic (exact) mass is 384 g/mol. The number of amides is 1. The van der Waals surface area contributed by atoms with Crippen molar-refractivity contribution in [2.75, 3.05) is 6.54 Å². The summed E-state index contributed by atoms with van der Waals surface area (Å²) in [5.41, 5.74) is 0. The highest BCUT2D eigenvalue weighted by Crippen LogP contribution is 2.38. The Balaban J connectivity index is 1.97. The van der Waals surface area contributed by atoms with Gasteiger partial charge in [0, 0.05) is 6.54 Å². The zero-order chi connectivity index (χ0) is 18.9. The van der Waals surface area contributed by atoms with Crippen molar-refractivity contribution in [2.45, 2.75) is 62.4 Å². The summed E-state index contributed by atoms with van der Waals surface area (Å²) in [5, 5.41) is 3.16. The van der Waals surface area contributed by atoms with E-state index in [1.165, 1.54) is 12.1 Å². The van der Waals surface area contributed by atoms with E-state index in [1.807, 2.05) is 0 Å². The van der Waals surface area contributed by atoms with Crippen molar-refractivity contribution in [3.05, 3.63) is 30.3 Å². The van der Waals surface area contributed by atoms with Crippen molar-refractivity contribution in [2.24, 2.45) is 0 Å². The molecule has 0 saturated carbocycles. The third kappa shape index (κ3) is 4.90. The molecule has 0 aromatic heterocycles. The molecule has 8 heteroatoms. The van der Waals surface area contributed by atoms with E-state index in [0.717, 1.165) is 0 Å². The highest BCUT2D eigenvalue weighted by molar-refractivity contribution is 7.90. The van der Waals surface area contributed by atoms with Gasteiger partial charge in [-0.2, -0.15) is 0 Å². The number of nitrogens with one attached hydrogen (secondary N) is 2. The highest BCUT2D eigenvalue weighted by Gasteiger charge is 2.42. The van der Waals surface area contributed by atoms with Crippen molar-refractivity contribution in [1.29, 1.82) is 0 Å². The molecule has 1 fully saturated rings. The zero-order valence-electron chi connectivity index (χ0n) is 15.5. The lowest BCUT2D eigenvalue weighted by atomic mass is 10.2. The molecular formula is C17H28N2O4SSi. The maximum Gasteiger partial charge on any atom is 0.264 e. The largest absolute Gasteiger partial charge is 0.413 e. The maximum absolute atomic E-state index is 12.3. The van der Waals surface area contributed by atoms with Crippen LogP contribution in [0.4, 0.5) is 0 Å². The van der Waals surface area contributed by atoms with E-state index in [0.29, 0.717) is 13.0 Å². The van der Waals surface area contributed by atoms with E-state index in [9.17, 15) is 13.2 Å². The van der Waals surface area contributed by atoms with Gasteiger partial charge in [0.2, 0.25) is 0 Å². The van der Waals surface area contributed by atoms with Crippen molar-refractivity contribution in [3.63, 3.8) is 0 Å². The van der Waals surface area contributed by atoms with E-state index in [-0.39, 0.29) is 16.0 Å². The van der Waals surface area contributed by atoms with Crippen LogP contribution in [-0.4, -0.2) is 41.3 Å². The van der Waals surface area contributed by atoms with Gasteiger partial charge in [0.1, 0.15) is 0 Å². The van der Waals surface area contributed by atoms with E-state index >= 15 is 0 Å². The lowest BCUT2D eigenvalue weighted by molar-refractivity contribution is -0.121. The number of hydrogen-bond donors (Lipinski definition) is 2. The van der Waals surface area contributed by atoms with Crippen LogP contribution in [0.3, 0.4) is 0 Å². The second-order valence-corrected chi connectivity index (χ2v) is 14.4. The molecule has 2 rings (SSSR count). The summed E-state index contributed by atoms with van der Waals surface area (Å²) in [7, 11) is -5.77. The first-order chi connectivity index (χ1) is 11.4. The molecule has 1 aliphatic rings. The minimum atomic E-state index is -3.84. The Morgan fingerprint density at radius 2 is 1.84 bits per heavy atom. The standard InChI is InChI=1S/C17H28N2O4SSi/c1-17(2,3)25(4,5)23-13-11-15(18-12-13)16(20)19-24(21,22)14-9-7-6-8-10-14/h6-10,13,15,18H,11-12H2,1-5H3,(H,19,20)/t13-,15+/m1/s1. The number of benzene rings is 1. The summed E-state index contributed by atoms with van der Waals surface area (Å²) in [6.07, 6.45) is 0.402. The Bertz CT molecular complexity index is 714. The minimum Gasteiger partial charge on any atom is -0.413 e. The normalized spacial score (nSPS) is 22.0. The molecule has 0 unspecified atom stereocenters. The molecule has 1 aromatic carbocycles. The molecule has 0 radical (unpaired) electrons. The number of sulfonamides is 1. The Hall–Kier alpha value is -1.22. The predicted octanol–water partition coefficient (Wildman–Crippen LogP) is 2.24. The van der Waals surface area contributed by atoms with Crippen LogP contribution in [0.5, 0.6) is 0 Å². The fourth-order valence-electron chi connectivity index (χ4n) is 2.45. The van der Waals surface area contributed by atoms with Crippen molar-refractivity contribution in [1.82, 2.24) is 10.0 Å². The highest BCUT2D eigenvalue weighted by atomic mass is 32.2. The van der Waals surface area contributed by atoms with Crippen LogP contribution in [0.1, 0.15) is 27.2 Å². The summed E-state index contributed by atoms with van der Waals surface area (Å²) < 4.78 is 33.0. The average Bonchev–Trinajstić information content (AvgIpc) is 2.94. The number of rotatable bonds is 5. The van der Waals surface area contributed by atoms with Gasteiger partial charge in [-0.15, -0.1) is 0 Å². The van der Waals surface area contributed by atoms with Gasteiger partial charge in [0.15, 0.2) is 8.32 Å². The molecule has 0 aliphatic carbocycles. The molecule has 1 amide bonds. The van der Waals surface area contributed by atoms with E-state index in [4.69, 9.17) is 4.43 Å². The second-order valence-electron chi connectivity index (χ2n) is 7.98. The van der Waals surface area contributed by atoms with Crippen LogP contribution < -0.4 is 10.0 Å². The molecule has 140 valence electrons. The minimum absolute atomic E-state index is 0.0731. The van der Waals surface area contributed by atoms with Crippen LogP contribution in [0.15, 0.2) is 35.2 Å². The summed E-state index contributed by atoms with van der Waals surface area (Å²) in [6.45, 7) is 11.4. The Morgan fingerprint density at radius 3 is 2.40 bits per heavy atom. The molecule has 1 aromatic rings. The average molecular weight is 385 g/mol.